The zero-order valence-electron chi connectivity index (χ0n) is 14.0. The molecule has 126 valence electrons. The molecule has 0 amide bonds. The number of hydrogen-bond acceptors (Lipinski definition) is 5. The second-order valence-corrected chi connectivity index (χ2v) is 6.47. The fourth-order valence-electron chi connectivity index (χ4n) is 3.38. The number of para-hydroxylation sites is 1. The van der Waals surface area contributed by atoms with Crippen molar-refractivity contribution in [3.63, 3.8) is 0 Å². The van der Waals surface area contributed by atoms with Crippen LogP contribution in [0.5, 0.6) is 0 Å². The van der Waals surface area contributed by atoms with Crippen LogP contribution in [0.2, 0.25) is 0 Å². The molecule has 3 aromatic rings. The third-order valence-electron chi connectivity index (χ3n) is 4.70. The molecule has 0 radical (unpaired) electrons. The van der Waals surface area contributed by atoms with Gasteiger partial charge in [0.05, 0.1) is 6.20 Å². The number of hydrogen-bond donors (Lipinski definition) is 1. The first-order valence-electron chi connectivity index (χ1n) is 8.56. The minimum absolute atomic E-state index is 0.506. The second-order valence-electron chi connectivity index (χ2n) is 6.47. The molecular weight excluding hydrogens is 312 g/mol. The highest BCUT2D eigenvalue weighted by atomic mass is 15.2. The summed E-state index contributed by atoms with van der Waals surface area (Å²) < 4.78 is 1.67. The van der Waals surface area contributed by atoms with Crippen molar-refractivity contribution in [2.75, 3.05) is 24.5 Å². The summed E-state index contributed by atoms with van der Waals surface area (Å²) in [6, 6.07) is 12.7. The third-order valence-corrected chi connectivity index (χ3v) is 4.70. The van der Waals surface area contributed by atoms with Gasteiger partial charge >= 0.3 is 0 Å². The van der Waals surface area contributed by atoms with E-state index in [4.69, 9.17) is 5.26 Å². The van der Waals surface area contributed by atoms with Gasteiger partial charge in [-0.25, -0.2) is 9.50 Å². The zero-order valence-corrected chi connectivity index (χ0v) is 14.0. The summed E-state index contributed by atoms with van der Waals surface area (Å²) in [6.07, 6.45) is 6.51. The van der Waals surface area contributed by atoms with Crippen molar-refractivity contribution in [2.24, 2.45) is 5.92 Å². The maximum Gasteiger partial charge on any atom is 0.172 e. The highest BCUT2D eigenvalue weighted by Gasteiger charge is 2.22. The molecule has 1 aromatic carbocycles. The number of nitrogens with zero attached hydrogens (tertiary/aromatic N) is 5. The van der Waals surface area contributed by atoms with Crippen LogP contribution in [-0.4, -0.2) is 34.2 Å². The smallest absolute Gasteiger partial charge is 0.172 e. The molecule has 0 unspecified atom stereocenters. The van der Waals surface area contributed by atoms with Crippen LogP contribution >= 0.6 is 0 Å². The van der Waals surface area contributed by atoms with E-state index in [1.54, 1.807) is 10.7 Å². The van der Waals surface area contributed by atoms with Crippen LogP contribution in [0.25, 0.3) is 5.65 Å². The number of nitriles is 1. The quantitative estimate of drug-likeness (QED) is 0.776. The predicted octanol–water partition coefficient (Wildman–Crippen LogP) is 2.22. The minimum atomic E-state index is 0.506. The van der Waals surface area contributed by atoms with Crippen molar-refractivity contribution in [3.05, 3.63) is 60.0 Å². The normalized spacial score (nSPS) is 17.1. The Hall–Kier alpha value is -2.91. The Labute approximate surface area is 146 Å². The maximum absolute atomic E-state index is 9.00. The second kappa shape index (κ2) is 6.91. The summed E-state index contributed by atoms with van der Waals surface area (Å²) in [7, 11) is 0. The lowest BCUT2D eigenvalue weighted by atomic mass is 10.1. The van der Waals surface area contributed by atoms with Gasteiger partial charge in [0.25, 0.3) is 0 Å². The Kier molecular flexibility index (Phi) is 4.32. The Morgan fingerprint density at radius 3 is 2.96 bits per heavy atom. The van der Waals surface area contributed by atoms with Crippen LogP contribution in [0, 0.1) is 17.2 Å². The van der Waals surface area contributed by atoms with Gasteiger partial charge in [0.2, 0.25) is 0 Å². The summed E-state index contributed by atoms with van der Waals surface area (Å²) in [4.78, 5) is 6.80. The van der Waals surface area contributed by atoms with Crippen LogP contribution in [-0.2, 0) is 6.54 Å². The van der Waals surface area contributed by atoms with Gasteiger partial charge in [-0.1, -0.05) is 18.2 Å². The van der Waals surface area contributed by atoms with Crippen LogP contribution in [0.3, 0.4) is 0 Å². The van der Waals surface area contributed by atoms with E-state index < -0.39 is 0 Å². The van der Waals surface area contributed by atoms with Gasteiger partial charge in [-0.15, -0.1) is 0 Å². The van der Waals surface area contributed by atoms with Gasteiger partial charge in [-0.2, -0.15) is 10.4 Å². The molecule has 1 N–H and O–H groups in total. The highest BCUT2D eigenvalue weighted by molar-refractivity contribution is 5.53. The van der Waals surface area contributed by atoms with Crippen molar-refractivity contribution in [3.8, 4) is 6.07 Å². The molecule has 6 heteroatoms. The Bertz CT molecular complexity index is 895. The average Bonchev–Trinajstić information content (AvgIpc) is 3.29. The lowest BCUT2D eigenvalue weighted by molar-refractivity contribution is 0.515. The molecule has 2 aromatic heterocycles. The molecule has 25 heavy (non-hydrogen) atoms. The van der Waals surface area contributed by atoms with Gasteiger partial charge in [0.1, 0.15) is 11.6 Å². The molecule has 1 aliphatic heterocycles. The molecule has 1 saturated heterocycles. The Morgan fingerprint density at radius 2 is 2.12 bits per heavy atom. The summed E-state index contributed by atoms with van der Waals surface area (Å²) in [5, 5.41) is 16.7. The number of rotatable bonds is 5. The molecule has 1 aliphatic rings. The summed E-state index contributed by atoms with van der Waals surface area (Å²) in [5.41, 5.74) is 3.50. The van der Waals surface area contributed by atoms with E-state index in [1.165, 1.54) is 12.1 Å². The molecule has 0 spiro atoms. The van der Waals surface area contributed by atoms with Gasteiger partial charge in [0.15, 0.2) is 5.65 Å². The maximum atomic E-state index is 9.00. The standard InChI is InChI=1S/C19H20N6/c20-8-17-12-23-25-14-16(11-22-19(17)25)10-21-9-15-6-7-24(13-15)18-4-2-1-3-5-18/h1-5,11-12,14-15,21H,6-7,9-10,13H2/t15-/m0/s1. The van der Waals surface area contributed by atoms with Crippen LogP contribution in [0.15, 0.2) is 48.9 Å². The SMILES string of the molecule is N#Cc1cnn2cc(CNC[C@@H]3CCN(c4ccccc4)C3)cnc12. The molecular formula is C19H20N6. The first-order valence-corrected chi connectivity index (χ1v) is 8.56. The first-order chi connectivity index (χ1) is 12.3. The van der Waals surface area contributed by atoms with E-state index in [-0.39, 0.29) is 0 Å². The average molecular weight is 332 g/mol. The monoisotopic (exact) mass is 332 g/mol. The predicted molar refractivity (Wildman–Crippen MR) is 96.2 cm³/mol. The Morgan fingerprint density at radius 1 is 1.24 bits per heavy atom. The topological polar surface area (TPSA) is 69.2 Å². The number of aromatic nitrogens is 3. The highest BCUT2D eigenvalue weighted by Crippen LogP contribution is 2.23. The number of benzene rings is 1. The Balaban J connectivity index is 1.30. The van der Waals surface area contributed by atoms with Crippen molar-refractivity contribution < 1.29 is 0 Å². The van der Waals surface area contributed by atoms with E-state index in [1.807, 2.05) is 12.4 Å². The first kappa shape index (κ1) is 15.6. The molecule has 0 aliphatic carbocycles. The van der Waals surface area contributed by atoms with Gasteiger partial charge in [-0.05, 0) is 24.5 Å². The molecule has 1 fully saturated rings. The van der Waals surface area contributed by atoms with Crippen molar-refractivity contribution in [1.82, 2.24) is 19.9 Å². The van der Waals surface area contributed by atoms with Crippen molar-refractivity contribution in [1.29, 1.82) is 5.26 Å². The molecule has 4 rings (SSSR count). The van der Waals surface area contributed by atoms with E-state index in [9.17, 15) is 0 Å². The van der Waals surface area contributed by atoms with E-state index >= 15 is 0 Å². The number of fused-ring (bicyclic) bond motifs is 1. The molecule has 0 bridgehead atoms. The van der Waals surface area contributed by atoms with Crippen LogP contribution in [0.1, 0.15) is 17.5 Å². The third kappa shape index (κ3) is 3.32. The number of anilines is 1. The van der Waals surface area contributed by atoms with E-state index in [0.29, 0.717) is 17.1 Å². The van der Waals surface area contributed by atoms with Gasteiger partial charge in [-0.3, -0.25) is 0 Å². The summed E-state index contributed by atoms with van der Waals surface area (Å²) >= 11 is 0. The lowest BCUT2D eigenvalue weighted by Crippen LogP contribution is -2.26. The molecule has 0 saturated carbocycles. The van der Waals surface area contributed by atoms with Crippen LogP contribution in [0.4, 0.5) is 5.69 Å². The fourth-order valence-corrected chi connectivity index (χ4v) is 3.38. The summed E-state index contributed by atoms with van der Waals surface area (Å²) in [6.45, 7) is 3.96. The lowest BCUT2D eigenvalue weighted by Gasteiger charge is -2.18. The molecule has 3 heterocycles. The molecule has 1 atom stereocenters. The van der Waals surface area contributed by atoms with Gasteiger partial charge < -0.3 is 10.2 Å². The largest absolute Gasteiger partial charge is 0.371 e. The van der Waals surface area contributed by atoms with E-state index in [2.05, 4.69) is 56.7 Å². The van der Waals surface area contributed by atoms with E-state index in [0.717, 1.165) is 31.7 Å². The zero-order chi connectivity index (χ0) is 17.1. The van der Waals surface area contributed by atoms with Crippen molar-refractivity contribution in [2.45, 2.75) is 13.0 Å². The van der Waals surface area contributed by atoms with Crippen LogP contribution < -0.4 is 10.2 Å². The van der Waals surface area contributed by atoms with Crippen molar-refractivity contribution >= 4 is 11.3 Å². The molecule has 6 nitrogen and oxygen atoms in total. The summed E-state index contributed by atoms with van der Waals surface area (Å²) in [5.74, 6) is 0.659. The fraction of sp³-hybridized carbons (Fsp3) is 0.316. The minimum Gasteiger partial charge on any atom is -0.371 e. The number of nitrogens with one attached hydrogen (secondary N) is 1. The van der Waals surface area contributed by atoms with Gasteiger partial charge in [0, 0.05) is 49.8 Å².